The van der Waals surface area contributed by atoms with Gasteiger partial charge in [-0.3, -0.25) is 9.88 Å². The van der Waals surface area contributed by atoms with Gasteiger partial charge in [0, 0.05) is 31.4 Å². The predicted molar refractivity (Wildman–Crippen MR) is 114 cm³/mol. The van der Waals surface area contributed by atoms with Crippen molar-refractivity contribution in [2.24, 2.45) is 4.99 Å². The fraction of sp³-hybridized carbons (Fsp3) is 0.455. The van der Waals surface area contributed by atoms with Gasteiger partial charge in [-0.15, -0.1) is 0 Å². The van der Waals surface area contributed by atoms with E-state index in [4.69, 9.17) is 0 Å². The summed E-state index contributed by atoms with van der Waals surface area (Å²) >= 11 is 0. The molecule has 146 valence electrons. The van der Waals surface area contributed by atoms with Crippen molar-refractivity contribution in [2.45, 2.75) is 46.3 Å². The predicted octanol–water partition coefficient (Wildman–Crippen LogP) is 3.36. The van der Waals surface area contributed by atoms with Crippen molar-refractivity contribution < 1.29 is 0 Å². The monoisotopic (exact) mass is 367 g/mol. The maximum absolute atomic E-state index is 4.65. The minimum absolute atomic E-state index is 0.485. The Labute approximate surface area is 163 Å². The Kier molecular flexibility index (Phi) is 8.78. The molecule has 1 unspecified atom stereocenters. The Morgan fingerprint density at radius 1 is 1.11 bits per heavy atom. The first-order valence-corrected chi connectivity index (χ1v) is 9.77. The molecule has 1 aromatic carbocycles. The Morgan fingerprint density at radius 3 is 2.59 bits per heavy atom. The topological polar surface area (TPSA) is 52.6 Å². The Hall–Kier alpha value is -2.40. The largest absolute Gasteiger partial charge is 0.357 e. The zero-order valence-corrected chi connectivity index (χ0v) is 17.1. The van der Waals surface area contributed by atoms with Crippen molar-refractivity contribution in [3.63, 3.8) is 0 Å². The second kappa shape index (κ2) is 11.3. The van der Waals surface area contributed by atoms with E-state index in [1.165, 1.54) is 5.56 Å². The second-order valence-electron chi connectivity index (χ2n) is 6.93. The molecule has 0 amide bonds. The highest BCUT2D eigenvalue weighted by Gasteiger charge is 2.09. The Morgan fingerprint density at radius 2 is 1.89 bits per heavy atom. The number of benzene rings is 1. The summed E-state index contributed by atoms with van der Waals surface area (Å²) in [6, 6.07) is 17.1. The minimum Gasteiger partial charge on any atom is -0.357 e. The molecule has 27 heavy (non-hydrogen) atoms. The highest BCUT2D eigenvalue weighted by Crippen LogP contribution is 2.08. The average Bonchev–Trinajstić information content (AvgIpc) is 2.67. The maximum atomic E-state index is 4.65. The number of hydrogen-bond donors (Lipinski definition) is 2. The van der Waals surface area contributed by atoms with Crippen LogP contribution < -0.4 is 10.6 Å². The highest BCUT2D eigenvalue weighted by molar-refractivity contribution is 5.79. The number of aliphatic imine (C=N–C) groups is 1. The average molecular weight is 368 g/mol. The molecule has 1 heterocycles. The first-order valence-electron chi connectivity index (χ1n) is 9.77. The molecule has 5 nitrogen and oxygen atoms in total. The van der Waals surface area contributed by atoms with Gasteiger partial charge in [0.05, 0.1) is 12.2 Å². The van der Waals surface area contributed by atoms with Crippen LogP contribution in [-0.2, 0) is 13.1 Å². The number of nitrogens with zero attached hydrogens (tertiary/aromatic N) is 3. The van der Waals surface area contributed by atoms with E-state index in [2.05, 4.69) is 76.7 Å². The summed E-state index contributed by atoms with van der Waals surface area (Å²) < 4.78 is 0. The SMILES string of the molecule is CCNC(=NCc1cccc(C)n1)NCCC(C)N(C)Cc1ccccc1. The minimum atomic E-state index is 0.485. The molecule has 0 spiro atoms. The molecule has 1 atom stereocenters. The number of hydrogen-bond acceptors (Lipinski definition) is 3. The summed E-state index contributed by atoms with van der Waals surface area (Å²) in [4.78, 5) is 11.5. The Balaban J connectivity index is 1.79. The van der Waals surface area contributed by atoms with Crippen LogP contribution in [0.4, 0.5) is 0 Å². The smallest absolute Gasteiger partial charge is 0.191 e. The van der Waals surface area contributed by atoms with E-state index in [9.17, 15) is 0 Å². The van der Waals surface area contributed by atoms with Gasteiger partial charge in [0.1, 0.15) is 0 Å². The van der Waals surface area contributed by atoms with E-state index in [1.807, 2.05) is 25.1 Å². The number of rotatable bonds is 9. The molecule has 5 heteroatoms. The van der Waals surface area contributed by atoms with Crippen LogP contribution in [0.5, 0.6) is 0 Å². The molecule has 0 bridgehead atoms. The van der Waals surface area contributed by atoms with Crippen molar-refractivity contribution in [2.75, 3.05) is 20.1 Å². The van der Waals surface area contributed by atoms with Gasteiger partial charge in [-0.2, -0.15) is 0 Å². The normalized spacial score (nSPS) is 12.9. The summed E-state index contributed by atoms with van der Waals surface area (Å²) in [5.74, 6) is 0.846. The van der Waals surface area contributed by atoms with E-state index in [-0.39, 0.29) is 0 Å². The lowest BCUT2D eigenvalue weighted by molar-refractivity contribution is 0.238. The van der Waals surface area contributed by atoms with Crippen LogP contribution in [0.25, 0.3) is 0 Å². The van der Waals surface area contributed by atoms with Gasteiger partial charge in [0.2, 0.25) is 0 Å². The lowest BCUT2D eigenvalue weighted by Crippen LogP contribution is -2.40. The first kappa shape index (κ1) is 20.9. The lowest BCUT2D eigenvalue weighted by atomic mass is 10.1. The van der Waals surface area contributed by atoms with Crippen molar-refractivity contribution in [1.29, 1.82) is 0 Å². The van der Waals surface area contributed by atoms with Crippen LogP contribution in [0.1, 0.15) is 37.2 Å². The van der Waals surface area contributed by atoms with Crippen molar-refractivity contribution in [3.8, 4) is 0 Å². The molecule has 2 rings (SSSR count). The van der Waals surface area contributed by atoms with Crippen LogP contribution in [0, 0.1) is 6.92 Å². The van der Waals surface area contributed by atoms with Gasteiger partial charge in [-0.1, -0.05) is 36.4 Å². The molecule has 0 saturated carbocycles. The van der Waals surface area contributed by atoms with Crippen LogP contribution in [-0.4, -0.2) is 42.0 Å². The molecule has 0 aliphatic rings. The number of aromatic nitrogens is 1. The third-order valence-corrected chi connectivity index (χ3v) is 4.57. The van der Waals surface area contributed by atoms with Gasteiger partial charge < -0.3 is 10.6 Å². The fourth-order valence-corrected chi connectivity index (χ4v) is 2.84. The zero-order valence-electron chi connectivity index (χ0n) is 17.1. The van der Waals surface area contributed by atoms with E-state index in [0.717, 1.165) is 43.4 Å². The van der Waals surface area contributed by atoms with Crippen LogP contribution >= 0.6 is 0 Å². The number of pyridine rings is 1. The zero-order chi connectivity index (χ0) is 19.5. The molecule has 0 aliphatic heterocycles. The van der Waals surface area contributed by atoms with Gasteiger partial charge >= 0.3 is 0 Å². The molecular formula is C22H33N5. The van der Waals surface area contributed by atoms with E-state index >= 15 is 0 Å². The number of aryl methyl sites for hydroxylation is 1. The molecule has 0 fully saturated rings. The van der Waals surface area contributed by atoms with Gasteiger partial charge in [-0.05, 0) is 51.9 Å². The van der Waals surface area contributed by atoms with E-state index in [1.54, 1.807) is 0 Å². The summed E-state index contributed by atoms with van der Waals surface area (Å²) in [6.07, 6.45) is 1.05. The van der Waals surface area contributed by atoms with Crippen molar-refractivity contribution >= 4 is 5.96 Å². The van der Waals surface area contributed by atoms with Gasteiger partial charge in [0.25, 0.3) is 0 Å². The summed E-state index contributed by atoms with van der Waals surface area (Å²) in [7, 11) is 2.18. The standard InChI is InChI=1S/C22H33N5/c1-5-23-22(25-16-21-13-9-10-18(2)26-21)24-15-14-19(3)27(4)17-20-11-7-6-8-12-20/h6-13,19H,5,14-17H2,1-4H3,(H2,23,24,25). The summed E-state index contributed by atoms with van der Waals surface area (Å²) in [6.45, 7) is 9.63. The molecule has 2 aromatic rings. The van der Waals surface area contributed by atoms with Crippen LogP contribution in [0.15, 0.2) is 53.5 Å². The van der Waals surface area contributed by atoms with Crippen molar-refractivity contribution in [1.82, 2.24) is 20.5 Å². The molecular weight excluding hydrogens is 334 g/mol. The van der Waals surface area contributed by atoms with Crippen LogP contribution in [0.2, 0.25) is 0 Å². The van der Waals surface area contributed by atoms with Crippen molar-refractivity contribution in [3.05, 3.63) is 65.5 Å². The molecule has 2 N–H and O–H groups in total. The number of guanidine groups is 1. The van der Waals surface area contributed by atoms with Crippen LogP contribution in [0.3, 0.4) is 0 Å². The highest BCUT2D eigenvalue weighted by atomic mass is 15.2. The molecule has 1 aromatic heterocycles. The molecule has 0 aliphatic carbocycles. The van der Waals surface area contributed by atoms with Gasteiger partial charge in [0.15, 0.2) is 5.96 Å². The lowest BCUT2D eigenvalue weighted by Gasteiger charge is -2.25. The van der Waals surface area contributed by atoms with Gasteiger partial charge in [-0.25, -0.2) is 4.99 Å². The molecule has 0 radical (unpaired) electrons. The maximum Gasteiger partial charge on any atom is 0.191 e. The quantitative estimate of drug-likeness (QED) is 0.527. The second-order valence-corrected chi connectivity index (χ2v) is 6.93. The Bertz CT molecular complexity index is 699. The summed E-state index contributed by atoms with van der Waals surface area (Å²) in [5.41, 5.74) is 3.36. The van der Waals surface area contributed by atoms with E-state index < -0.39 is 0 Å². The van der Waals surface area contributed by atoms with E-state index in [0.29, 0.717) is 12.6 Å². The first-order chi connectivity index (χ1) is 13.1. The number of nitrogens with one attached hydrogen (secondary N) is 2. The summed E-state index contributed by atoms with van der Waals surface area (Å²) in [5, 5.41) is 6.75. The third-order valence-electron chi connectivity index (χ3n) is 4.57. The third kappa shape index (κ3) is 7.79. The molecule has 0 saturated heterocycles. The fourth-order valence-electron chi connectivity index (χ4n) is 2.84.